The minimum Gasteiger partial charge on any atom is -0.453 e. The molecule has 6 heterocycles. The third-order valence-corrected chi connectivity index (χ3v) is 11.0. The number of carbonyl (C=O) groups is 4. The summed E-state index contributed by atoms with van der Waals surface area (Å²) in [6.45, 7) is 8.73. The Morgan fingerprint density at radius 3 is 1.76 bits per heavy atom. The fourth-order valence-electron chi connectivity index (χ4n) is 7.83. The van der Waals surface area contributed by atoms with E-state index < -0.39 is 24.3 Å². The van der Waals surface area contributed by atoms with Crippen LogP contribution in [0.15, 0.2) is 61.2 Å². The van der Waals surface area contributed by atoms with E-state index in [-0.39, 0.29) is 35.7 Å². The normalized spacial score (nSPS) is 17.8. The summed E-state index contributed by atoms with van der Waals surface area (Å²) in [4.78, 5) is 80.3. The van der Waals surface area contributed by atoms with Gasteiger partial charge in [0.2, 0.25) is 11.8 Å². The van der Waals surface area contributed by atoms with Crippen LogP contribution in [-0.4, -0.2) is 103 Å². The number of benzene rings is 1. The first-order valence-electron chi connectivity index (χ1n) is 19.7. The minimum atomic E-state index is -0.706. The first-order chi connectivity index (χ1) is 27.9. The van der Waals surface area contributed by atoms with Crippen LogP contribution in [0.4, 0.5) is 9.59 Å². The van der Waals surface area contributed by atoms with Crippen molar-refractivity contribution in [3.05, 3.63) is 72.8 Å². The molecule has 0 bridgehead atoms. The van der Waals surface area contributed by atoms with Crippen molar-refractivity contribution in [3.8, 4) is 33.6 Å². The van der Waals surface area contributed by atoms with E-state index >= 15 is 0 Å². The summed E-state index contributed by atoms with van der Waals surface area (Å²) in [5, 5.41) is 5.38. The monoisotopic (exact) mass is 790 g/mol. The summed E-state index contributed by atoms with van der Waals surface area (Å²) < 4.78 is 9.51. The van der Waals surface area contributed by atoms with Crippen molar-refractivity contribution < 1.29 is 28.7 Å². The Kier molecular flexibility index (Phi) is 11.7. The molecule has 16 heteroatoms. The number of H-pyrrole nitrogens is 2. The van der Waals surface area contributed by atoms with Crippen molar-refractivity contribution in [1.82, 2.24) is 50.3 Å². The SMILES string of the molecule is COC(=O)N[C@H](C(=O)N1CCC[C@H]1c1nc(-c2ccc(-c3cnc4cc(-c5cnc([C@@H]6CCCN6C(=O)[C@@H](NC(=O)OC)C(C)C)[nH]5)cnc4c3)cc2)c[nH]1)C(C)C. The standard InChI is InChI=1S/C42H50N10O6/c1-23(2)35(49-41(55)57-5)39(53)51-15-7-9-33(51)37-45-21-31(47-37)26-13-11-25(12-14-26)27-17-29-30(43-19-27)18-28(20-44-29)32-22-46-38(48-32)34-10-8-16-52(34)40(54)36(24(3)4)50-42(56)58-6/h11-14,17-24,33-36H,7-10,15-16H2,1-6H3,(H,45,47)(H,46,48)(H,49,55)(H,50,56)/t33-,34-,35-,36-/m0/s1. The van der Waals surface area contributed by atoms with Crippen LogP contribution < -0.4 is 10.6 Å². The summed E-state index contributed by atoms with van der Waals surface area (Å²) in [6.07, 6.45) is 9.15. The van der Waals surface area contributed by atoms with Gasteiger partial charge in [0.25, 0.3) is 0 Å². The van der Waals surface area contributed by atoms with Gasteiger partial charge in [0.15, 0.2) is 0 Å². The van der Waals surface area contributed by atoms with Gasteiger partial charge in [0, 0.05) is 48.4 Å². The number of imidazole rings is 2. The molecule has 4 aromatic heterocycles. The Morgan fingerprint density at radius 1 is 0.690 bits per heavy atom. The molecular weight excluding hydrogens is 741 g/mol. The fraction of sp³-hybridized carbons (Fsp3) is 0.429. The number of hydrogen-bond acceptors (Lipinski definition) is 10. The number of likely N-dealkylation sites (tertiary alicyclic amines) is 2. The van der Waals surface area contributed by atoms with Crippen molar-refractivity contribution in [2.45, 2.75) is 77.5 Å². The van der Waals surface area contributed by atoms with E-state index in [2.05, 4.69) is 25.6 Å². The largest absolute Gasteiger partial charge is 0.453 e. The third kappa shape index (κ3) is 8.22. The summed E-state index contributed by atoms with van der Waals surface area (Å²) in [6, 6.07) is 10.2. The van der Waals surface area contributed by atoms with Gasteiger partial charge in [0.1, 0.15) is 23.7 Å². The van der Waals surface area contributed by atoms with Gasteiger partial charge in [-0.2, -0.15) is 0 Å². The molecule has 2 saturated heterocycles. The molecule has 4 amide bonds. The number of rotatable bonds is 11. The Balaban J connectivity index is 1.02. The lowest BCUT2D eigenvalue weighted by atomic mass is 10.0. The van der Waals surface area contributed by atoms with Crippen LogP contribution in [0.2, 0.25) is 0 Å². The molecule has 2 aliphatic heterocycles. The van der Waals surface area contributed by atoms with Crippen LogP contribution in [0.3, 0.4) is 0 Å². The smallest absolute Gasteiger partial charge is 0.407 e. The van der Waals surface area contributed by atoms with Crippen molar-refractivity contribution in [2.24, 2.45) is 11.8 Å². The molecule has 2 fully saturated rings. The molecule has 0 unspecified atom stereocenters. The topological polar surface area (TPSA) is 200 Å². The Morgan fingerprint density at radius 2 is 1.21 bits per heavy atom. The lowest BCUT2D eigenvalue weighted by Crippen LogP contribution is -2.51. The maximum atomic E-state index is 13.6. The molecule has 0 aliphatic carbocycles. The molecule has 2 aliphatic rings. The second kappa shape index (κ2) is 17.0. The quantitative estimate of drug-likeness (QED) is 0.120. The molecular formula is C42H50N10O6. The number of ether oxygens (including phenoxy) is 2. The van der Waals surface area contributed by atoms with E-state index in [4.69, 9.17) is 24.4 Å². The second-order valence-electron chi connectivity index (χ2n) is 15.5. The maximum absolute atomic E-state index is 13.6. The average Bonchev–Trinajstić information content (AvgIpc) is 4.07. The first-order valence-corrected chi connectivity index (χ1v) is 19.7. The molecule has 5 aromatic rings. The van der Waals surface area contributed by atoms with Crippen LogP contribution in [0.5, 0.6) is 0 Å². The number of aromatic nitrogens is 6. The zero-order chi connectivity index (χ0) is 41.1. The van der Waals surface area contributed by atoms with E-state index in [1.165, 1.54) is 14.2 Å². The lowest BCUT2D eigenvalue weighted by Gasteiger charge is -2.30. The maximum Gasteiger partial charge on any atom is 0.407 e. The molecule has 58 heavy (non-hydrogen) atoms. The highest BCUT2D eigenvalue weighted by Crippen LogP contribution is 2.35. The number of hydrogen-bond donors (Lipinski definition) is 4. The number of carbonyl (C=O) groups excluding carboxylic acids is 4. The third-order valence-electron chi connectivity index (χ3n) is 11.0. The number of alkyl carbamates (subject to hydrolysis) is 2. The molecule has 304 valence electrons. The highest BCUT2D eigenvalue weighted by atomic mass is 16.5. The number of nitrogens with zero attached hydrogens (tertiary/aromatic N) is 6. The van der Waals surface area contributed by atoms with Crippen molar-refractivity contribution >= 4 is 35.0 Å². The zero-order valence-corrected chi connectivity index (χ0v) is 33.6. The van der Waals surface area contributed by atoms with E-state index in [0.29, 0.717) is 24.7 Å². The molecule has 7 rings (SSSR count). The molecule has 4 atom stereocenters. The minimum absolute atomic E-state index is 0.112. The van der Waals surface area contributed by atoms with Crippen LogP contribution in [0.25, 0.3) is 44.7 Å². The summed E-state index contributed by atoms with van der Waals surface area (Å²) in [5.41, 5.74) is 6.63. The second-order valence-corrected chi connectivity index (χ2v) is 15.5. The first kappa shape index (κ1) is 39.9. The highest BCUT2D eigenvalue weighted by molar-refractivity contribution is 5.87. The van der Waals surface area contributed by atoms with Crippen LogP contribution in [0.1, 0.15) is 77.1 Å². The van der Waals surface area contributed by atoms with Gasteiger partial charge < -0.3 is 39.9 Å². The van der Waals surface area contributed by atoms with Crippen molar-refractivity contribution in [1.29, 1.82) is 0 Å². The van der Waals surface area contributed by atoms with Gasteiger partial charge in [0.05, 0.1) is 54.9 Å². The molecule has 0 spiro atoms. The molecule has 1 aromatic carbocycles. The van der Waals surface area contributed by atoms with Crippen LogP contribution in [0, 0.1) is 11.8 Å². The molecule has 4 N–H and O–H groups in total. The molecule has 0 saturated carbocycles. The van der Waals surface area contributed by atoms with E-state index in [0.717, 1.165) is 70.4 Å². The van der Waals surface area contributed by atoms with Gasteiger partial charge in [-0.1, -0.05) is 52.0 Å². The molecule has 16 nitrogen and oxygen atoms in total. The van der Waals surface area contributed by atoms with Gasteiger partial charge in [-0.15, -0.1) is 0 Å². The van der Waals surface area contributed by atoms with E-state index in [1.54, 1.807) is 22.2 Å². The van der Waals surface area contributed by atoms with Crippen molar-refractivity contribution in [2.75, 3.05) is 27.3 Å². The summed E-state index contributed by atoms with van der Waals surface area (Å²) >= 11 is 0. The fourth-order valence-corrected chi connectivity index (χ4v) is 7.83. The predicted octanol–water partition coefficient (Wildman–Crippen LogP) is 6.17. The van der Waals surface area contributed by atoms with E-state index in [9.17, 15) is 19.2 Å². The summed E-state index contributed by atoms with van der Waals surface area (Å²) in [7, 11) is 2.57. The number of pyridine rings is 2. The van der Waals surface area contributed by atoms with Crippen molar-refractivity contribution in [3.63, 3.8) is 0 Å². The Labute approximate surface area is 336 Å². The molecule has 0 radical (unpaired) electrons. The van der Waals surface area contributed by atoms with E-state index in [1.807, 2.05) is 76.5 Å². The highest BCUT2D eigenvalue weighted by Gasteiger charge is 2.39. The predicted molar refractivity (Wildman–Crippen MR) is 216 cm³/mol. The van der Waals surface area contributed by atoms with Crippen LogP contribution in [-0.2, 0) is 19.1 Å². The van der Waals surface area contributed by atoms with Crippen LogP contribution >= 0.6 is 0 Å². The number of nitrogens with one attached hydrogen (secondary N) is 4. The van der Waals surface area contributed by atoms with Gasteiger partial charge in [-0.05, 0) is 55.2 Å². The number of aromatic amines is 2. The van der Waals surface area contributed by atoms with Gasteiger partial charge >= 0.3 is 12.2 Å². The summed E-state index contributed by atoms with van der Waals surface area (Å²) in [5.74, 6) is 0.848. The van der Waals surface area contributed by atoms with Gasteiger partial charge in [-0.3, -0.25) is 19.6 Å². The lowest BCUT2D eigenvalue weighted by molar-refractivity contribution is -0.136. The zero-order valence-electron chi connectivity index (χ0n) is 33.6. The number of amides is 4. The average molecular weight is 791 g/mol. The van der Waals surface area contributed by atoms with Gasteiger partial charge in [-0.25, -0.2) is 19.6 Å². The Bertz CT molecular complexity index is 2290. The number of fused-ring (bicyclic) bond motifs is 1. The number of methoxy groups -OCH3 is 2. The Hall–Kier alpha value is -6.32.